The van der Waals surface area contributed by atoms with E-state index in [4.69, 9.17) is 11.2 Å². The molecule has 0 bridgehead atoms. The second kappa shape index (κ2) is 6.01. The topological polar surface area (TPSA) is 80.0 Å². The average Bonchev–Trinajstić information content (AvgIpc) is 2.53. The molecular weight excluding hydrogens is 259 g/mol. The van der Waals surface area contributed by atoms with Crippen LogP contribution < -0.4 is 16.4 Å². The highest BCUT2D eigenvalue weighted by molar-refractivity contribution is 5.91. The first-order valence-electron chi connectivity index (χ1n) is 7.75. The Morgan fingerprint density at radius 3 is 2.70 bits per heavy atom. The predicted molar refractivity (Wildman–Crippen MR) is 76.7 cm³/mol. The van der Waals surface area contributed by atoms with Crippen molar-refractivity contribution in [1.29, 1.82) is 0 Å². The zero-order chi connectivity index (χ0) is 18.0. The molecule has 0 saturated heterocycles. The normalized spacial score (nSPS) is 12.9. The molecular formula is C14H15FN4O. The zero-order valence-corrected chi connectivity index (χ0v) is 10.7. The molecule has 0 fully saturated rings. The van der Waals surface area contributed by atoms with Crippen LogP contribution in [0.4, 0.5) is 21.7 Å². The molecule has 4 N–H and O–H groups in total. The molecule has 1 heterocycles. The Kier molecular flexibility index (Phi) is 2.79. The smallest absolute Gasteiger partial charge is 0.221 e. The van der Waals surface area contributed by atoms with Gasteiger partial charge in [0.05, 0.1) is 11.2 Å². The third-order valence-electron chi connectivity index (χ3n) is 2.33. The fourth-order valence-electron chi connectivity index (χ4n) is 1.46. The van der Waals surface area contributed by atoms with Crippen molar-refractivity contribution in [2.24, 2.45) is 0 Å². The van der Waals surface area contributed by atoms with E-state index in [9.17, 15) is 9.18 Å². The van der Waals surface area contributed by atoms with Crippen LogP contribution in [0, 0.1) is 5.82 Å². The summed E-state index contributed by atoms with van der Waals surface area (Å²) in [6.07, 6.45) is 0. The summed E-state index contributed by atoms with van der Waals surface area (Å²) in [5.41, 5.74) is 6.08. The number of pyridine rings is 1. The largest absolute Gasteiger partial charge is 0.382 e. The minimum absolute atomic E-state index is 0.0118. The second-order valence-electron chi connectivity index (χ2n) is 3.96. The molecule has 0 saturated carbocycles. The first-order chi connectivity index (χ1) is 11.2. The van der Waals surface area contributed by atoms with E-state index >= 15 is 0 Å². The van der Waals surface area contributed by atoms with Gasteiger partial charge in [0.1, 0.15) is 17.5 Å². The Balaban J connectivity index is 2.23. The minimum atomic E-state index is -1.18. The standard InChI is InChI=1S/C14H15FN4O/c1-9(20)18-12-6-7-13(19-14(12)16)17-8-10-2-4-11(15)5-3-10/h2-7H,8H2,1H3,(H,18,20)(H3,16,17,19)/i2D,3D,4D,5D. The van der Waals surface area contributed by atoms with Crippen molar-refractivity contribution < 1.29 is 14.7 Å². The van der Waals surface area contributed by atoms with Gasteiger partial charge in [-0.15, -0.1) is 0 Å². The molecule has 0 unspecified atom stereocenters. The molecule has 5 nitrogen and oxygen atoms in total. The first-order valence-corrected chi connectivity index (χ1v) is 5.75. The van der Waals surface area contributed by atoms with Gasteiger partial charge in [0, 0.05) is 13.5 Å². The maximum atomic E-state index is 13.5. The van der Waals surface area contributed by atoms with Gasteiger partial charge < -0.3 is 16.4 Å². The van der Waals surface area contributed by atoms with E-state index in [-0.39, 0.29) is 23.8 Å². The van der Waals surface area contributed by atoms with Crippen LogP contribution in [0.15, 0.2) is 36.3 Å². The van der Waals surface area contributed by atoms with Crippen molar-refractivity contribution >= 4 is 23.2 Å². The number of aromatic nitrogens is 1. The Bertz CT molecular complexity index is 787. The molecule has 0 atom stereocenters. The molecule has 20 heavy (non-hydrogen) atoms. The molecule has 2 rings (SSSR count). The molecule has 1 amide bonds. The monoisotopic (exact) mass is 278 g/mol. The van der Waals surface area contributed by atoms with Crippen molar-refractivity contribution in [3.8, 4) is 0 Å². The quantitative estimate of drug-likeness (QED) is 0.802. The van der Waals surface area contributed by atoms with Crippen molar-refractivity contribution in [2.45, 2.75) is 13.5 Å². The summed E-state index contributed by atoms with van der Waals surface area (Å²) in [4.78, 5) is 15.0. The predicted octanol–water partition coefficient (Wildman–Crippen LogP) is 2.37. The van der Waals surface area contributed by atoms with Crippen molar-refractivity contribution in [1.82, 2.24) is 4.98 Å². The lowest BCUT2D eigenvalue weighted by atomic mass is 10.2. The van der Waals surface area contributed by atoms with Crippen LogP contribution in [0.1, 0.15) is 18.0 Å². The highest BCUT2D eigenvalue weighted by Gasteiger charge is 2.04. The first kappa shape index (κ1) is 9.30. The number of anilines is 3. The zero-order valence-electron chi connectivity index (χ0n) is 14.7. The number of nitrogens with one attached hydrogen (secondary N) is 2. The summed E-state index contributed by atoms with van der Waals surface area (Å²) >= 11 is 0. The van der Waals surface area contributed by atoms with E-state index in [2.05, 4.69) is 15.6 Å². The number of amides is 1. The van der Waals surface area contributed by atoms with Gasteiger partial charge in [-0.2, -0.15) is 0 Å². The maximum absolute atomic E-state index is 13.5. The van der Waals surface area contributed by atoms with Gasteiger partial charge in [-0.05, 0) is 29.8 Å². The van der Waals surface area contributed by atoms with Crippen LogP contribution in [0.2, 0.25) is 0 Å². The fourth-order valence-corrected chi connectivity index (χ4v) is 1.46. The lowest BCUT2D eigenvalue weighted by Gasteiger charge is -2.09. The summed E-state index contributed by atoms with van der Waals surface area (Å²) in [7, 11) is 0. The molecule has 0 aliphatic carbocycles. The Morgan fingerprint density at radius 2 is 2.10 bits per heavy atom. The van der Waals surface area contributed by atoms with Crippen LogP contribution in [-0.2, 0) is 11.3 Å². The molecule has 1 aromatic heterocycles. The van der Waals surface area contributed by atoms with E-state index in [0.29, 0.717) is 11.5 Å². The van der Waals surface area contributed by atoms with E-state index in [1.807, 2.05) is 0 Å². The van der Waals surface area contributed by atoms with Gasteiger partial charge in [-0.25, -0.2) is 9.37 Å². The molecule has 6 heteroatoms. The van der Waals surface area contributed by atoms with E-state index in [1.54, 1.807) is 0 Å². The highest BCUT2D eigenvalue weighted by atomic mass is 19.1. The van der Waals surface area contributed by atoms with Gasteiger partial charge in [-0.1, -0.05) is 12.1 Å². The summed E-state index contributed by atoms with van der Waals surface area (Å²) in [5.74, 6) is -1.09. The molecule has 1 aromatic carbocycles. The number of benzene rings is 1. The Morgan fingerprint density at radius 1 is 1.40 bits per heavy atom. The number of carbonyl (C=O) groups is 1. The number of carbonyl (C=O) groups excluding carboxylic acids is 1. The molecule has 0 aliphatic rings. The third kappa shape index (κ3) is 3.68. The number of nitrogen functional groups attached to an aromatic ring is 1. The van der Waals surface area contributed by atoms with E-state index < -0.39 is 30.0 Å². The van der Waals surface area contributed by atoms with Crippen molar-refractivity contribution in [2.75, 3.05) is 16.4 Å². The SMILES string of the molecule is [2H]c1c([2H])c(CNc2ccc(NC(C)=O)c(N)n2)c([2H])c([2H])c1F. The summed E-state index contributed by atoms with van der Waals surface area (Å²) in [5, 5.41) is 5.31. The van der Waals surface area contributed by atoms with Crippen LogP contribution in [0.3, 0.4) is 0 Å². The van der Waals surface area contributed by atoms with Crippen molar-refractivity contribution in [3.05, 3.63) is 47.7 Å². The number of hydrogen-bond acceptors (Lipinski definition) is 4. The van der Waals surface area contributed by atoms with Crippen LogP contribution in [-0.4, -0.2) is 10.9 Å². The van der Waals surface area contributed by atoms with Crippen LogP contribution in [0.25, 0.3) is 0 Å². The van der Waals surface area contributed by atoms with E-state index in [1.165, 1.54) is 19.1 Å². The third-order valence-corrected chi connectivity index (χ3v) is 2.33. The van der Waals surface area contributed by atoms with E-state index in [0.717, 1.165) is 0 Å². The number of nitrogens with zero attached hydrogens (tertiary/aromatic N) is 1. The molecule has 0 spiro atoms. The number of rotatable bonds is 4. The summed E-state index contributed by atoms with van der Waals surface area (Å²) < 4.78 is 43.9. The van der Waals surface area contributed by atoms with Gasteiger partial charge in [-0.3, -0.25) is 4.79 Å². The van der Waals surface area contributed by atoms with Crippen molar-refractivity contribution in [3.63, 3.8) is 0 Å². The van der Waals surface area contributed by atoms with Crippen LogP contribution >= 0.6 is 0 Å². The summed E-state index contributed by atoms with van der Waals surface area (Å²) in [6, 6.07) is 0.711. The Labute approximate surface area is 121 Å². The average molecular weight is 278 g/mol. The lowest BCUT2D eigenvalue weighted by Crippen LogP contribution is -2.10. The molecule has 0 aliphatic heterocycles. The molecule has 104 valence electrons. The maximum Gasteiger partial charge on any atom is 0.221 e. The number of halogens is 1. The number of hydrogen-bond donors (Lipinski definition) is 3. The second-order valence-corrected chi connectivity index (χ2v) is 3.96. The summed E-state index contributed by atoms with van der Waals surface area (Å²) in [6.45, 7) is 1.24. The number of nitrogens with two attached hydrogens (primary N) is 1. The van der Waals surface area contributed by atoms with Gasteiger partial charge in [0.25, 0.3) is 0 Å². The molecule has 2 aromatic rings. The van der Waals surface area contributed by atoms with Crippen LogP contribution in [0.5, 0.6) is 0 Å². The highest BCUT2D eigenvalue weighted by Crippen LogP contribution is 2.19. The van der Waals surface area contributed by atoms with Gasteiger partial charge in [0.2, 0.25) is 5.91 Å². The van der Waals surface area contributed by atoms with Gasteiger partial charge >= 0.3 is 0 Å². The molecule has 0 radical (unpaired) electrons. The lowest BCUT2D eigenvalue weighted by molar-refractivity contribution is -0.114. The fraction of sp³-hybridized carbons (Fsp3) is 0.143. The Hall–Kier alpha value is -2.63. The minimum Gasteiger partial charge on any atom is -0.382 e. The van der Waals surface area contributed by atoms with Gasteiger partial charge in [0.15, 0.2) is 0 Å².